The first-order chi connectivity index (χ1) is 11.9. The predicted molar refractivity (Wildman–Crippen MR) is 92.7 cm³/mol. The highest BCUT2D eigenvalue weighted by atomic mass is 32.2. The van der Waals surface area contributed by atoms with Gasteiger partial charge in [-0.1, -0.05) is 6.42 Å². The smallest absolute Gasteiger partial charge is 0.269 e. The van der Waals surface area contributed by atoms with E-state index in [1.165, 1.54) is 54.3 Å². The normalized spacial score (nSPS) is 30.6. The number of hydrogen-bond donors (Lipinski definition) is 0. The maximum atomic E-state index is 12.8. The molecule has 1 aliphatic heterocycles. The molecule has 1 saturated heterocycles. The summed E-state index contributed by atoms with van der Waals surface area (Å²) in [4.78, 5) is 12.8. The maximum absolute atomic E-state index is 12.8. The number of hydrogen-bond acceptors (Lipinski definition) is 5. The van der Waals surface area contributed by atoms with Crippen molar-refractivity contribution >= 4 is 15.7 Å². The highest BCUT2D eigenvalue weighted by Crippen LogP contribution is 2.46. The first kappa shape index (κ1) is 16.9. The van der Waals surface area contributed by atoms with Crippen molar-refractivity contribution in [3.63, 3.8) is 0 Å². The van der Waals surface area contributed by atoms with Gasteiger partial charge in [-0.2, -0.15) is 4.31 Å². The Morgan fingerprint density at radius 3 is 2.20 bits per heavy atom. The second-order valence-electron chi connectivity index (χ2n) is 7.43. The summed E-state index contributed by atoms with van der Waals surface area (Å²) in [5, 5.41) is 10.7. The third-order valence-electron chi connectivity index (χ3n) is 6.13. The Hall–Kier alpha value is -1.51. The molecule has 0 amide bonds. The molecule has 2 bridgehead atoms. The molecule has 0 N–H and O–H groups in total. The van der Waals surface area contributed by atoms with E-state index in [-0.39, 0.29) is 10.6 Å². The van der Waals surface area contributed by atoms with Crippen molar-refractivity contribution in [3.05, 3.63) is 34.4 Å². The summed E-state index contributed by atoms with van der Waals surface area (Å²) in [6.07, 6.45) is 5.33. The Labute approximate surface area is 147 Å². The summed E-state index contributed by atoms with van der Waals surface area (Å²) in [7, 11) is -3.58. The minimum atomic E-state index is -3.58. The summed E-state index contributed by atoms with van der Waals surface area (Å²) in [5.41, 5.74) is -0.0972. The van der Waals surface area contributed by atoms with Gasteiger partial charge >= 0.3 is 0 Å². The number of fused-ring (bicyclic) bond motifs is 2. The molecule has 3 fully saturated rings. The van der Waals surface area contributed by atoms with Gasteiger partial charge in [0.25, 0.3) is 5.69 Å². The molecular weight excluding hydrogens is 342 g/mol. The van der Waals surface area contributed by atoms with E-state index >= 15 is 0 Å². The largest absolute Gasteiger partial charge is 0.297 e. The Morgan fingerprint density at radius 2 is 1.68 bits per heavy atom. The van der Waals surface area contributed by atoms with E-state index in [4.69, 9.17) is 0 Å². The maximum Gasteiger partial charge on any atom is 0.269 e. The van der Waals surface area contributed by atoms with Crippen LogP contribution in [0.4, 0.5) is 5.69 Å². The zero-order valence-electron chi connectivity index (χ0n) is 14.1. The number of nitro benzene ring substituents is 1. The Balaban J connectivity index is 1.41. The van der Waals surface area contributed by atoms with Crippen molar-refractivity contribution < 1.29 is 13.3 Å². The third kappa shape index (κ3) is 3.07. The van der Waals surface area contributed by atoms with Crippen molar-refractivity contribution in [2.24, 2.45) is 11.8 Å². The van der Waals surface area contributed by atoms with Crippen LogP contribution in [0.1, 0.15) is 25.7 Å². The Bertz CT molecular complexity index is 757. The number of non-ortho nitro benzene ring substituents is 1. The average molecular weight is 365 g/mol. The van der Waals surface area contributed by atoms with Crippen LogP contribution in [0.25, 0.3) is 0 Å². The summed E-state index contributed by atoms with van der Waals surface area (Å²) >= 11 is 0. The highest BCUT2D eigenvalue weighted by molar-refractivity contribution is 7.89. The van der Waals surface area contributed by atoms with Crippen LogP contribution in [0.2, 0.25) is 0 Å². The van der Waals surface area contributed by atoms with Crippen molar-refractivity contribution in [3.8, 4) is 0 Å². The second-order valence-corrected chi connectivity index (χ2v) is 9.37. The lowest BCUT2D eigenvalue weighted by molar-refractivity contribution is -0.384. The van der Waals surface area contributed by atoms with E-state index in [0.717, 1.165) is 24.9 Å². The second kappa shape index (κ2) is 6.34. The van der Waals surface area contributed by atoms with Crippen LogP contribution in [0.3, 0.4) is 0 Å². The number of nitro groups is 1. The molecule has 2 aliphatic carbocycles. The van der Waals surface area contributed by atoms with Crippen LogP contribution in [0, 0.1) is 22.0 Å². The van der Waals surface area contributed by atoms with Crippen LogP contribution in [0.5, 0.6) is 0 Å². The van der Waals surface area contributed by atoms with E-state index in [0.29, 0.717) is 19.1 Å². The summed E-state index contributed by atoms with van der Waals surface area (Å²) in [6.45, 7) is 2.54. The van der Waals surface area contributed by atoms with Gasteiger partial charge in [0.1, 0.15) is 0 Å². The quantitative estimate of drug-likeness (QED) is 0.603. The number of benzene rings is 1. The molecule has 7 nitrogen and oxygen atoms in total. The van der Waals surface area contributed by atoms with Crippen molar-refractivity contribution in [1.82, 2.24) is 9.21 Å². The molecule has 8 heteroatoms. The van der Waals surface area contributed by atoms with Gasteiger partial charge in [0.05, 0.1) is 9.82 Å². The van der Waals surface area contributed by atoms with E-state index in [1.54, 1.807) is 0 Å². The van der Waals surface area contributed by atoms with Crippen LogP contribution < -0.4 is 0 Å². The van der Waals surface area contributed by atoms with Gasteiger partial charge in [-0.05, 0) is 43.2 Å². The topological polar surface area (TPSA) is 83.8 Å². The lowest BCUT2D eigenvalue weighted by atomic mass is 9.93. The number of nitrogens with zero attached hydrogens (tertiary/aromatic N) is 3. The first-order valence-electron chi connectivity index (χ1n) is 8.94. The van der Waals surface area contributed by atoms with Crippen molar-refractivity contribution in [2.75, 3.05) is 26.2 Å². The summed E-state index contributed by atoms with van der Waals surface area (Å²) in [6, 6.07) is 5.80. The molecule has 1 aromatic rings. The molecule has 0 aromatic heterocycles. The lowest BCUT2D eigenvalue weighted by Gasteiger charge is -2.40. The van der Waals surface area contributed by atoms with E-state index in [1.807, 2.05) is 0 Å². The molecule has 3 aliphatic rings. The third-order valence-corrected chi connectivity index (χ3v) is 8.04. The molecule has 4 rings (SSSR count). The van der Waals surface area contributed by atoms with Gasteiger partial charge in [0.2, 0.25) is 10.0 Å². The highest BCUT2D eigenvalue weighted by Gasteiger charge is 2.43. The first-order valence-corrected chi connectivity index (χ1v) is 10.4. The minimum Gasteiger partial charge on any atom is -0.297 e. The zero-order valence-corrected chi connectivity index (χ0v) is 14.9. The van der Waals surface area contributed by atoms with Gasteiger partial charge in [-0.3, -0.25) is 15.0 Å². The Kier molecular flexibility index (Phi) is 4.29. The van der Waals surface area contributed by atoms with Gasteiger partial charge in [-0.15, -0.1) is 0 Å². The molecular formula is C17H23N3O4S. The summed E-state index contributed by atoms with van der Waals surface area (Å²) < 4.78 is 27.0. The number of piperazine rings is 1. The standard InChI is InChI=1S/C17H23N3O4S/c21-20(22)15-3-5-16(6-4-15)25(23,24)19-9-7-18(8-10-19)17-12-13-1-2-14(17)11-13/h3-6,13-14,17H,1-2,7-12H2/t13-,14+,17-/m0/s1. The molecule has 0 spiro atoms. The molecule has 2 saturated carbocycles. The van der Waals surface area contributed by atoms with Crippen LogP contribution in [-0.2, 0) is 10.0 Å². The van der Waals surface area contributed by atoms with Crippen LogP contribution in [0.15, 0.2) is 29.2 Å². The molecule has 25 heavy (non-hydrogen) atoms. The molecule has 136 valence electrons. The van der Waals surface area contributed by atoms with Gasteiger partial charge < -0.3 is 0 Å². The fraction of sp³-hybridized carbons (Fsp3) is 0.647. The van der Waals surface area contributed by atoms with E-state index < -0.39 is 14.9 Å². The van der Waals surface area contributed by atoms with E-state index in [2.05, 4.69) is 4.90 Å². The van der Waals surface area contributed by atoms with Crippen LogP contribution >= 0.6 is 0 Å². The van der Waals surface area contributed by atoms with Gasteiger partial charge in [0, 0.05) is 44.4 Å². The van der Waals surface area contributed by atoms with E-state index in [9.17, 15) is 18.5 Å². The fourth-order valence-electron chi connectivity index (χ4n) is 4.82. The van der Waals surface area contributed by atoms with Crippen molar-refractivity contribution in [2.45, 2.75) is 36.6 Å². The molecule has 1 aromatic carbocycles. The molecule has 3 atom stereocenters. The lowest BCUT2D eigenvalue weighted by Crippen LogP contribution is -2.53. The molecule has 0 radical (unpaired) electrons. The molecule has 1 heterocycles. The van der Waals surface area contributed by atoms with Crippen LogP contribution in [-0.4, -0.2) is 54.8 Å². The van der Waals surface area contributed by atoms with Gasteiger partial charge in [0.15, 0.2) is 0 Å². The summed E-state index contributed by atoms with van der Waals surface area (Å²) in [5.74, 6) is 1.69. The zero-order chi connectivity index (χ0) is 17.6. The Morgan fingerprint density at radius 1 is 1.00 bits per heavy atom. The average Bonchev–Trinajstić information content (AvgIpc) is 3.25. The molecule has 0 unspecified atom stereocenters. The minimum absolute atomic E-state index is 0.0972. The number of rotatable bonds is 4. The van der Waals surface area contributed by atoms with Crippen molar-refractivity contribution in [1.29, 1.82) is 0 Å². The SMILES string of the molecule is O=[N+]([O-])c1ccc(S(=O)(=O)N2CCN([C@H]3C[C@H]4CC[C@@H]3C4)CC2)cc1. The van der Waals surface area contributed by atoms with Gasteiger partial charge in [-0.25, -0.2) is 8.42 Å². The fourth-order valence-corrected chi connectivity index (χ4v) is 6.25. The monoisotopic (exact) mass is 365 g/mol. The predicted octanol–water partition coefficient (Wildman–Crippen LogP) is 2.09. The number of sulfonamides is 1.